The molecule has 1 aliphatic rings. The molecule has 1 saturated carbocycles. The number of rotatable bonds is 8. The molecule has 4 aromatic rings. The van der Waals surface area contributed by atoms with Gasteiger partial charge in [-0.05, 0) is 44.4 Å². The average Bonchev–Trinajstić information content (AvgIpc) is 3.42. The molecule has 184 valence electrons. The molecule has 0 saturated heterocycles. The van der Waals surface area contributed by atoms with Gasteiger partial charge in [0.15, 0.2) is 11.0 Å². The summed E-state index contributed by atoms with van der Waals surface area (Å²) < 4.78 is 7.68. The van der Waals surface area contributed by atoms with Gasteiger partial charge in [-0.15, -0.1) is 21.5 Å². The molecule has 1 aliphatic carbocycles. The molecule has 0 radical (unpaired) electrons. The highest BCUT2D eigenvalue weighted by Gasteiger charge is 2.23. The van der Waals surface area contributed by atoms with Gasteiger partial charge < -0.3 is 20.4 Å². The molecule has 10 heteroatoms. The summed E-state index contributed by atoms with van der Waals surface area (Å²) in [4.78, 5) is 11.6. The number of nitrogen functional groups attached to an aromatic ring is 1. The first-order valence-electron chi connectivity index (χ1n) is 12.0. The Hall–Kier alpha value is -2.85. The van der Waals surface area contributed by atoms with Crippen LogP contribution in [0.1, 0.15) is 60.2 Å². The molecule has 0 unspecified atom stereocenters. The van der Waals surface area contributed by atoms with E-state index in [2.05, 4.69) is 38.9 Å². The maximum Gasteiger partial charge on any atom is 0.191 e. The minimum Gasteiger partial charge on any atom is -0.497 e. The molecular weight excluding hydrogens is 478 g/mol. The van der Waals surface area contributed by atoms with Gasteiger partial charge >= 0.3 is 0 Å². The van der Waals surface area contributed by atoms with Crippen molar-refractivity contribution in [1.82, 2.24) is 24.7 Å². The summed E-state index contributed by atoms with van der Waals surface area (Å²) in [6.07, 6.45) is 6.08. The number of ether oxygens (including phenoxy) is 1. The lowest BCUT2D eigenvalue weighted by Gasteiger charge is -2.25. The quantitative estimate of drug-likeness (QED) is 0.283. The Bertz CT molecular complexity index is 1330. The second-order valence-corrected chi connectivity index (χ2v) is 11.1. The molecule has 35 heavy (non-hydrogen) atoms. The fourth-order valence-corrected chi connectivity index (χ4v) is 6.60. The van der Waals surface area contributed by atoms with E-state index in [1.165, 1.54) is 29.7 Å². The van der Waals surface area contributed by atoms with Crippen LogP contribution in [0.25, 0.3) is 10.2 Å². The topological polar surface area (TPSA) is 104 Å². The molecule has 1 fully saturated rings. The van der Waals surface area contributed by atoms with Crippen LogP contribution in [0.5, 0.6) is 5.75 Å². The number of hydrogen-bond donors (Lipinski definition) is 2. The largest absolute Gasteiger partial charge is 0.497 e. The van der Waals surface area contributed by atoms with Crippen LogP contribution in [0, 0.1) is 13.8 Å². The molecule has 5 rings (SSSR count). The van der Waals surface area contributed by atoms with Gasteiger partial charge in [0.05, 0.1) is 24.8 Å². The van der Waals surface area contributed by atoms with Gasteiger partial charge in [-0.25, -0.2) is 9.97 Å². The van der Waals surface area contributed by atoms with Crippen LogP contribution in [0.15, 0.2) is 29.4 Å². The molecule has 3 N–H and O–H groups in total. The summed E-state index contributed by atoms with van der Waals surface area (Å²) in [6.45, 7) is 4.78. The molecule has 0 amide bonds. The summed E-state index contributed by atoms with van der Waals surface area (Å²) in [5.74, 6) is 3.67. The molecular formula is C25H31N7OS2. The van der Waals surface area contributed by atoms with Crippen molar-refractivity contribution in [3.05, 3.63) is 46.4 Å². The lowest BCUT2D eigenvalue weighted by Crippen LogP contribution is -2.18. The first kappa shape index (κ1) is 23.9. The lowest BCUT2D eigenvalue weighted by atomic mass is 9.95. The van der Waals surface area contributed by atoms with Crippen molar-refractivity contribution in [1.29, 1.82) is 0 Å². The number of benzene rings is 1. The Morgan fingerprint density at radius 2 is 2.00 bits per heavy atom. The SMILES string of the molecule is COc1cccc(NCc2nnc(SCc3nc(N)c4c(C)c(C)sc4n3)n2C2CCCCC2)c1. The maximum absolute atomic E-state index is 6.30. The predicted molar refractivity (Wildman–Crippen MR) is 143 cm³/mol. The van der Waals surface area contributed by atoms with E-state index in [0.29, 0.717) is 24.2 Å². The van der Waals surface area contributed by atoms with Gasteiger partial charge in [0, 0.05) is 22.7 Å². The Morgan fingerprint density at radius 3 is 2.80 bits per heavy atom. The van der Waals surface area contributed by atoms with E-state index < -0.39 is 0 Å². The summed E-state index contributed by atoms with van der Waals surface area (Å²) in [6, 6.07) is 8.36. The molecule has 0 spiro atoms. The minimum atomic E-state index is 0.416. The van der Waals surface area contributed by atoms with Crippen LogP contribution in [-0.2, 0) is 12.3 Å². The Kier molecular flexibility index (Phi) is 7.10. The summed E-state index contributed by atoms with van der Waals surface area (Å²) in [7, 11) is 1.68. The standard InChI is InChI=1S/C25H31N7OS2/c1-15-16(2)35-24-22(15)23(26)28-20(29-24)14-34-25-31-30-21(32(25)18-9-5-4-6-10-18)13-27-17-8-7-11-19(12-17)33-3/h7-8,11-12,18,27H,4-6,9-10,13-14H2,1-3H3,(H2,26,28,29). The number of nitrogens with two attached hydrogens (primary N) is 1. The fraction of sp³-hybridized carbons (Fsp3) is 0.440. The molecule has 3 heterocycles. The maximum atomic E-state index is 6.30. The van der Waals surface area contributed by atoms with E-state index in [4.69, 9.17) is 15.5 Å². The van der Waals surface area contributed by atoms with Crippen molar-refractivity contribution < 1.29 is 4.74 Å². The van der Waals surface area contributed by atoms with Gasteiger partial charge in [0.2, 0.25) is 0 Å². The Labute approximate surface area is 213 Å². The van der Waals surface area contributed by atoms with Crippen LogP contribution < -0.4 is 15.8 Å². The highest BCUT2D eigenvalue weighted by Crippen LogP contribution is 2.35. The summed E-state index contributed by atoms with van der Waals surface area (Å²) in [5, 5.41) is 14.5. The predicted octanol–water partition coefficient (Wildman–Crippen LogP) is 5.90. The molecule has 0 atom stereocenters. The van der Waals surface area contributed by atoms with Crippen LogP contribution in [0.3, 0.4) is 0 Å². The highest BCUT2D eigenvalue weighted by molar-refractivity contribution is 7.98. The van der Waals surface area contributed by atoms with Crippen molar-refractivity contribution in [2.45, 2.75) is 69.4 Å². The Morgan fingerprint density at radius 1 is 1.17 bits per heavy atom. The number of hydrogen-bond acceptors (Lipinski definition) is 9. The van der Waals surface area contributed by atoms with E-state index >= 15 is 0 Å². The van der Waals surface area contributed by atoms with E-state index in [0.717, 1.165) is 51.3 Å². The van der Waals surface area contributed by atoms with Gasteiger partial charge in [0.1, 0.15) is 22.2 Å². The number of methoxy groups -OCH3 is 1. The summed E-state index contributed by atoms with van der Waals surface area (Å²) >= 11 is 3.31. The highest BCUT2D eigenvalue weighted by atomic mass is 32.2. The van der Waals surface area contributed by atoms with Crippen molar-refractivity contribution >= 4 is 44.8 Å². The molecule has 0 bridgehead atoms. The van der Waals surface area contributed by atoms with E-state index in [9.17, 15) is 0 Å². The van der Waals surface area contributed by atoms with Crippen LogP contribution in [0.2, 0.25) is 0 Å². The third-order valence-corrected chi connectivity index (χ3v) is 8.67. The Balaban J connectivity index is 1.37. The third-order valence-electron chi connectivity index (χ3n) is 6.63. The second kappa shape index (κ2) is 10.4. The second-order valence-electron chi connectivity index (χ2n) is 8.92. The number of nitrogens with zero attached hydrogens (tertiary/aromatic N) is 5. The summed E-state index contributed by atoms with van der Waals surface area (Å²) in [5.41, 5.74) is 8.47. The monoisotopic (exact) mass is 509 g/mol. The zero-order valence-electron chi connectivity index (χ0n) is 20.4. The number of aryl methyl sites for hydroxylation is 2. The van der Waals surface area contributed by atoms with Gasteiger partial charge in [-0.2, -0.15) is 0 Å². The van der Waals surface area contributed by atoms with Crippen molar-refractivity contribution in [2.75, 3.05) is 18.2 Å². The molecule has 1 aromatic carbocycles. The fourth-order valence-electron chi connectivity index (χ4n) is 4.67. The van der Waals surface area contributed by atoms with Crippen LogP contribution in [0.4, 0.5) is 11.5 Å². The zero-order chi connectivity index (χ0) is 24.4. The third kappa shape index (κ3) is 5.08. The number of thioether (sulfide) groups is 1. The van der Waals surface area contributed by atoms with Crippen LogP contribution in [-0.4, -0.2) is 31.8 Å². The van der Waals surface area contributed by atoms with E-state index in [1.54, 1.807) is 30.2 Å². The van der Waals surface area contributed by atoms with Crippen molar-refractivity contribution in [3.8, 4) is 5.75 Å². The van der Waals surface area contributed by atoms with Gasteiger partial charge in [-0.1, -0.05) is 37.1 Å². The molecule has 0 aliphatic heterocycles. The normalized spacial score (nSPS) is 14.5. The van der Waals surface area contributed by atoms with Crippen molar-refractivity contribution in [2.24, 2.45) is 0 Å². The first-order valence-corrected chi connectivity index (χ1v) is 13.8. The van der Waals surface area contributed by atoms with E-state index in [1.807, 2.05) is 24.3 Å². The van der Waals surface area contributed by atoms with Gasteiger partial charge in [0.25, 0.3) is 0 Å². The van der Waals surface area contributed by atoms with Gasteiger partial charge in [-0.3, -0.25) is 0 Å². The zero-order valence-corrected chi connectivity index (χ0v) is 22.0. The first-order chi connectivity index (χ1) is 17.0. The lowest BCUT2D eigenvalue weighted by molar-refractivity contribution is 0.330. The number of thiophene rings is 1. The number of anilines is 2. The minimum absolute atomic E-state index is 0.416. The van der Waals surface area contributed by atoms with Crippen molar-refractivity contribution in [3.63, 3.8) is 0 Å². The smallest absolute Gasteiger partial charge is 0.191 e. The number of fused-ring (bicyclic) bond motifs is 1. The molecule has 8 nitrogen and oxygen atoms in total. The number of nitrogens with one attached hydrogen (secondary N) is 1. The van der Waals surface area contributed by atoms with E-state index in [-0.39, 0.29) is 0 Å². The van der Waals surface area contributed by atoms with Crippen LogP contribution >= 0.6 is 23.1 Å². The molecule has 3 aromatic heterocycles. The average molecular weight is 510 g/mol. The number of aromatic nitrogens is 5.